The summed E-state index contributed by atoms with van der Waals surface area (Å²) in [5.41, 5.74) is -0.339. The highest BCUT2D eigenvalue weighted by Gasteiger charge is 2.28. The third-order valence-corrected chi connectivity index (χ3v) is 2.48. The van der Waals surface area contributed by atoms with Gasteiger partial charge in [-0.15, -0.1) is 0 Å². The number of hydrogen-bond donors (Lipinski definition) is 0. The Morgan fingerprint density at radius 1 is 1.30 bits per heavy atom. The summed E-state index contributed by atoms with van der Waals surface area (Å²) in [6, 6.07) is 3.89. The van der Waals surface area contributed by atoms with Crippen LogP contribution in [0.4, 0.5) is 5.69 Å². The van der Waals surface area contributed by atoms with Gasteiger partial charge >= 0.3 is 17.9 Å². The van der Waals surface area contributed by atoms with Crippen molar-refractivity contribution in [1.82, 2.24) is 0 Å². The van der Waals surface area contributed by atoms with Crippen LogP contribution in [0.3, 0.4) is 0 Å². The van der Waals surface area contributed by atoms with E-state index >= 15 is 0 Å². The molecule has 1 unspecified atom stereocenters. The molecule has 23 heavy (non-hydrogen) atoms. The molecule has 0 bridgehead atoms. The van der Waals surface area contributed by atoms with Crippen LogP contribution >= 0.6 is 0 Å². The van der Waals surface area contributed by atoms with Gasteiger partial charge in [0.25, 0.3) is 0 Å². The average Bonchev–Trinajstić information content (AvgIpc) is 2.50. The Morgan fingerprint density at radius 3 is 2.52 bits per heavy atom. The van der Waals surface area contributed by atoms with Crippen molar-refractivity contribution in [2.75, 3.05) is 21.0 Å². The van der Waals surface area contributed by atoms with E-state index in [1.54, 1.807) is 13.8 Å². The fourth-order valence-corrected chi connectivity index (χ4v) is 1.55. The van der Waals surface area contributed by atoms with Crippen LogP contribution in [0.5, 0.6) is 11.5 Å². The Kier molecular flexibility index (Phi) is 7.23. The fraction of sp³-hybridized carbons (Fsp3) is 0.500. The lowest BCUT2D eigenvalue weighted by atomic mass is 10.3. The van der Waals surface area contributed by atoms with Gasteiger partial charge in [0, 0.05) is 19.2 Å². The lowest BCUT2D eigenvalue weighted by molar-refractivity contribution is -0.386. The molecular formula is C14H19NO8. The minimum Gasteiger partial charge on any atom is -0.497 e. The molecule has 0 fully saturated rings. The molecule has 0 radical (unpaired) electrons. The van der Waals surface area contributed by atoms with Crippen molar-refractivity contribution in [2.45, 2.75) is 26.2 Å². The second kappa shape index (κ2) is 8.91. The summed E-state index contributed by atoms with van der Waals surface area (Å²) >= 11 is 0. The zero-order chi connectivity index (χ0) is 17.4. The van der Waals surface area contributed by atoms with Gasteiger partial charge in [-0.2, -0.15) is 0 Å². The minimum absolute atomic E-state index is 0.184. The molecular weight excluding hydrogens is 310 g/mol. The molecule has 128 valence electrons. The highest BCUT2D eigenvalue weighted by Crippen LogP contribution is 2.32. The van der Waals surface area contributed by atoms with Gasteiger partial charge < -0.3 is 23.7 Å². The summed E-state index contributed by atoms with van der Waals surface area (Å²) in [5.74, 6) is -0.682. The van der Waals surface area contributed by atoms with Crippen LogP contribution in [0.1, 0.15) is 13.8 Å². The molecule has 0 aliphatic rings. The lowest BCUT2D eigenvalue weighted by Gasteiger charge is -2.19. The van der Waals surface area contributed by atoms with Gasteiger partial charge in [0.1, 0.15) is 5.75 Å². The zero-order valence-electron chi connectivity index (χ0n) is 13.3. The molecule has 0 amide bonds. The number of carbonyl (C=O) groups excluding carboxylic acids is 1. The Hall–Kier alpha value is -2.39. The van der Waals surface area contributed by atoms with E-state index in [1.807, 2.05) is 0 Å². The quantitative estimate of drug-likeness (QED) is 0.292. The third-order valence-electron chi connectivity index (χ3n) is 2.48. The van der Waals surface area contributed by atoms with E-state index in [0.29, 0.717) is 5.75 Å². The van der Waals surface area contributed by atoms with Gasteiger partial charge in [-0.1, -0.05) is 0 Å². The number of carbonyl (C=O) groups is 1. The minimum atomic E-state index is -1.51. The molecule has 1 rings (SSSR count). The van der Waals surface area contributed by atoms with Gasteiger partial charge in [0.15, 0.2) is 6.79 Å². The number of rotatable bonds is 9. The van der Waals surface area contributed by atoms with Crippen molar-refractivity contribution >= 4 is 11.7 Å². The number of esters is 1. The number of nitro groups is 1. The predicted molar refractivity (Wildman–Crippen MR) is 78.3 cm³/mol. The van der Waals surface area contributed by atoms with Gasteiger partial charge in [-0.3, -0.25) is 10.1 Å². The molecule has 1 atom stereocenters. The molecule has 1 aromatic rings. The van der Waals surface area contributed by atoms with E-state index in [-0.39, 0.29) is 18.2 Å². The molecule has 0 N–H and O–H groups in total. The summed E-state index contributed by atoms with van der Waals surface area (Å²) in [6.07, 6.45) is -1.91. The lowest BCUT2D eigenvalue weighted by Crippen LogP contribution is -2.34. The molecule has 0 spiro atoms. The molecule has 0 saturated heterocycles. The molecule has 0 aliphatic carbocycles. The van der Waals surface area contributed by atoms with E-state index < -0.39 is 23.3 Å². The molecule has 1 aromatic carbocycles. The van der Waals surface area contributed by atoms with E-state index in [4.69, 9.17) is 23.7 Å². The second-order valence-corrected chi connectivity index (χ2v) is 4.60. The Bertz CT molecular complexity index is 546. The summed E-state index contributed by atoms with van der Waals surface area (Å²) in [4.78, 5) is 22.4. The first-order chi connectivity index (χ1) is 10.9. The smallest absolute Gasteiger partial charge is 0.376 e. The fourth-order valence-electron chi connectivity index (χ4n) is 1.55. The predicted octanol–water partition coefficient (Wildman–Crippen LogP) is 1.88. The number of benzene rings is 1. The van der Waals surface area contributed by atoms with Gasteiger partial charge in [0.05, 0.1) is 18.1 Å². The number of hydrogen-bond acceptors (Lipinski definition) is 8. The summed E-state index contributed by atoms with van der Waals surface area (Å²) < 4.78 is 25.1. The van der Waals surface area contributed by atoms with E-state index in [2.05, 4.69) is 0 Å². The third kappa shape index (κ3) is 5.72. The topological polar surface area (TPSA) is 106 Å². The Balaban J connectivity index is 3.05. The van der Waals surface area contributed by atoms with Crippen LogP contribution < -0.4 is 9.47 Å². The monoisotopic (exact) mass is 329 g/mol. The standard InChI is InChI=1S/C14H19NO8/c1-9(2)22-13(16)14(21-8-19-3)23-12-7-10(20-4)5-6-11(12)15(17)18/h5-7,9,14H,8H2,1-4H3. The van der Waals surface area contributed by atoms with Crippen LogP contribution in [-0.2, 0) is 19.0 Å². The summed E-state index contributed by atoms with van der Waals surface area (Å²) in [7, 11) is 2.76. The van der Waals surface area contributed by atoms with Crippen LogP contribution in [-0.4, -0.2) is 44.3 Å². The van der Waals surface area contributed by atoms with Crippen molar-refractivity contribution in [2.24, 2.45) is 0 Å². The van der Waals surface area contributed by atoms with E-state index in [9.17, 15) is 14.9 Å². The number of methoxy groups -OCH3 is 2. The molecule has 9 heteroatoms. The average molecular weight is 329 g/mol. The maximum atomic E-state index is 12.0. The summed E-state index contributed by atoms with van der Waals surface area (Å²) in [5, 5.41) is 11.1. The second-order valence-electron chi connectivity index (χ2n) is 4.60. The maximum absolute atomic E-state index is 12.0. The van der Waals surface area contributed by atoms with E-state index in [0.717, 1.165) is 0 Å². The molecule has 0 aromatic heterocycles. The molecule has 9 nitrogen and oxygen atoms in total. The van der Waals surface area contributed by atoms with Gasteiger partial charge in [0.2, 0.25) is 5.75 Å². The zero-order valence-corrected chi connectivity index (χ0v) is 13.3. The largest absolute Gasteiger partial charge is 0.497 e. The highest BCUT2D eigenvalue weighted by atomic mass is 16.8. The van der Waals surface area contributed by atoms with Gasteiger partial charge in [-0.25, -0.2) is 4.79 Å². The highest BCUT2D eigenvalue weighted by molar-refractivity contribution is 5.74. The van der Waals surface area contributed by atoms with Crippen molar-refractivity contribution in [3.8, 4) is 11.5 Å². The molecule has 0 aliphatic heterocycles. The van der Waals surface area contributed by atoms with Crippen LogP contribution in [0.15, 0.2) is 18.2 Å². The van der Waals surface area contributed by atoms with Crippen LogP contribution in [0.2, 0.25) is 0 Å². The number of ether oxygens (including phenoxy) is 5. The van der Waals surface area contributed by atoms with Crippen molar-refractivity contribution in [3.05, 3.63) is 28.3 Å². The molecule has 0 heterocycles. The van der Waals surface area contributed by atoms with Crippen molar-refractivity contribution in [3.63, 3.8) is 0 Å². The maximum Gasteiger partial charge on any atom is 0.376 e. The Labute approximate surface area is 133 Å². The Morgan fingerprint density at radius 2 is 2.00 bits per heavy atom. The SMILES string of the molecule is COCOC(Oc1cc(OC)ccc1[N+](=O)[O-])C(=O)OC(C)C. The van der Waals surface area contributed by atoms with Crippen LogP contribution in [0, 0.1) is 10.1 Å². The first kappa shape index (κ1) is 18.7. The van der Waals surface area contributed by atoms with E-state index in [1.165, 1.54) is 32.4 Å². The van der Waals surface area contributed by atoms with Gasteiger partial charge in [-0.05, 0) is 19.9 Å². The first-order valence-electron chi connectivity index (χ1n) is 6.69. The van der Waals surface area contributed by atoms with Crippen LogP contribution in [0.25, 0.3) is 0 Å². The summed E-state index contributed by atoms with van der Waals surface area (Å²) in [6.45, 7) is 3.05. The van der Waals surface area contributed by atoms with Crippen molar-refractivity contribution < 1.29 is 33.4 Å². The number of nitrogens with zero attached hydrogens (tertiary/aromatic N) is 1. The number of nitro benzene ring substituents is 1. The normalized spacial score (nSPS) is 11.9. The molecule has 0 saturated carbocycles. The first-order valence-corrected chi connectivity index (χ1v) is 6.69. The van der Waals surface area contributed by atoms with Crippen molar-refractivity contribution in [1.29, 1.82) is 0 Å².